The van der Waals surface area contributed by atoms with E-state index in [2.05, 4.69) is 10.3 Å². The van der Waals surface area contributed by atoms with Gasteiger partial charge in [0.1, 0.15) is 12.0 Å². The number of benzene rings is 1. The van der Waals surface area contributed by atoms with E-state index in [1.807, 2.05) is 30.3 Å². The third-order valence-corrected chi connectivity index (χ3v) is 2.86. The molecule has 0 aliphatic heterocycles. The van der Waals surface area contributed by atoms with Gasteiger partial charge in [-0.05, 0) is 12.1 Å². The van der Waals surface area contributed by atoms with Crippen LogP contribution in [-0.4, -0.2) is 14.9 Å². The van der Waals surface area contributed by atoms with Gasteiger partial charge in [0.25, 0.3) is 5.56 Å². The van der Waals surface area contributed by atoms with Crippen molar-refractivity contribution in [2.75, 3.05) is 0 Å². The molecule has 2 N–H and O–H groups in total. The zero-order valence-corrected chi connectivity index (χ0v) is 10.5. The van der Waals surface area contributed by atoms with Crippen LogP contribution < -0.4 is 11.0 Å². The second kappa shape index (κ2) is 5.00. The van der Waals surface area contributed by atoms with E-state index in [0.29, 0.717) is 5.76 Å². The highest BCUT2D eigenvalue weighted by atomic mass is 16.5. The second-order valence-corrected chi connectivity index (χ2v) is 4.31. The summed E-state index contributed by atoms with van der Waals surface area (Å²) in [4.78, 5) is 11.0. The monoisotopic (exact) mass is 268 g/mol. The Morgan fingerprint density at radius 2 is 2.00 bits per heavy atom. The SMILES string of the molecule is N=c1ccc(-c2ccccc2)nn1Cc1cc(=O)[nH]o1. The molecule has 0 amide bonds. The Labute approximate surface area is 113 Å². The van der Waals surface area contributed by atoms with Gasteiger partial charge in [-0.15, -0.1) is 0 Å². The van der Waals surface area contributed by atoms with Crippen molar-refractivity contribution in [3.05, 3.63) is 70.1 Å². The standard InChI is InChI=1S/C14H12N4O2/c15-13-7-6-12(10-4-2-1-3-5-10)16-18(13)9-11-8-14(19)17-20-11/h1-8,15H,9H2,(H,17,19). The van der Waals surface area contributed by atoms with Crippen molar-refractivity contribution < 1.29 is 4.52 Å². The molecule has 20 heavy (non-hydrogen) atoms. The molecule has 0 saturated heterocycles. The number of aromatic amines is 1. The fourth-order valence-electron chi connectivity index (χ4n) is 1.89. The van der Waals surface area contributed by atoms with E-state index in [0.717, 1.165) is 11.3 Å². The van der Waals surface area contributed by atoms with Crippen LogP contribution in [0.4, 0.5) is 0 Å². The topological polar surface area (TPSA) is 87.7 Å². The lowest BCUT2D eigenvalue weighted by atomic mass is 10.1. The van der Waals surface area contributed by atoms with Crippen LogP contribution in [0.5, 0.6) is 0 Å². The smallest absolute Gasteiger partial charge is 0.280 e. The summed E-state index contributed by atoms with van der Waals surface area (Å²) < 4.78 is 6.47. The zero-order chi connectivity index (χ0) is 13.9. The Hall–Kier alpha value is -2.89. The van der Waals surface area contributed by atoms with Gasteiger partial charge in [-0.25, -0.2) is 4.68 Å². The van der Waals surface area contributed by atoms with Crippen LogP contribution >= 0.6 is 0 Å². The lowest BCUT2D eigenvalue weighted by molar-refractivity contribution is 0.363. The van der Waals surface area contributed by atoms with Crippen molar-refractivity contribution in [3.8, 4) is 11.3 Å². The summed E-state index contributed by atoms with van der Waals surface area (Å²) >= 11 is 0. The van der Waals surface area contributed by atoms with E-state index in [-0.39, 0.29) is 17.6 Å². The third kappa shape index (κ3) is 2.44. The normalized spacial score (nSPS) is 10.6. The highest BCUT2D eigenvalue weighted by molar-refractivity contribution is 5.57. The molecule has 3 rings (SSSR count). The molecule has 0 spiro atoms. The molecule has 0 fully saturated rings. The minimum absolute atomic E-state index is 0.234. The minimum Gasteiger partial charge on any atom is -0.382 e. The van der Waals surface area contributed by atoms with Crippen molar-refractivity contribution in [3.63, 3.8) is 0 Å². The molecule has 0 unspecified atom stereocenters. The molecule has 1 aromatic carbocycles. The quantitative estimate of drug-likeness (QED) is 0.751. The fourth-order valence-corrected chi connectivity index (χ4v) is 1.89. The van der Waals surface area contributed by atoms with Crippen LogP contribution in [0.2, 0.25) is 0 Å². The molecule has 6 heteroatoms. The first-order valence-corrected chi connectivity index (χ1v) is 6.08. The molecule has 0 aliphatic carbocycles. The van der Waals surface area contributed by atoms with Crippen molar-refractivity contribution in [2.45, 2.75) is 6.54 Å². The highest BCUT2D eigenvalue weighted by Gasteiger charge is 2.05. The van der Waals surface area contributed by atoms with Crippen molar-refractivity contribution in [2.24, 2.45) is 0 Å². The first kappa shape index (κ1) is 12.2. The van der Waals surface area contributed by atoms with Gasteiger partial charge in [0.15, 0.2) is 5.76 Å². The van der Waals surface area contributed by atoms with E-state index in [1.165, 1.54) is 10.7 Å². The van der Waals surface area contributed by atoms with Crippen LogP contribution in [-0.2, 0) is 6.54 Å². The van der Waals surface area contributed by atoms with E-state index >= 15 is 0 Å². The Balaban J connectivity index is 1.99. The van der Waals surface area contributed by atoms with Crippen LogP contribution in [0.3, 0.4) is 0 Å². The molecular weight excluding hydrogens is 256 g/mol. The third-order valence-electron chi connectivity index (χ3n) is 2.86. The second-order valence-electron chi connectivity index (χ2n) is 4.31. The van der Waals surface area contributed by atoms with Crippen LogP contribution in [0.1, 0.15) is 5.76 Å². The molecular formula is C14H12N4O2. The van der Waals surface area contributed by atoms with Gasteiger partial charge in [-0.3, -0.25) is 10.2 Å². The predicted octanol–water partition coefficient (Wildman–Crippen LogP) is 1.36. The van der Waals surface area contributed by atoms with Gasteiger partial charge < -0.3 is 4.52 Å². The molecule has 100 valence electrons. The average molecular weight is 268 g/mol. The van der Waals surface area contributed by atoms with Crippen LogP contribution in [0.25, 0.3) is 11.3 Å². The molecule has 0 saturated carbocycles. The first-order valence-electron chi connectivity index (χ1n) is 6.08. The van der Waals surface area contributed by atoms with E-state index in [9.17, 15) is 4.79 Å². The van der Waals surface area contributed by atoms with Gasteiger partial charge in [0, 0.05) is 11.6 Å². The van der Waals surface area contributed by atoms with E-state index in [4.69, 9.17) is 9.93 Å². The van der Waals surface area contributed by atoms with Crippen molar-refractivity contribution in [1.82, 2.24) is 14.9 Å². The molecule has 0 aliphatic rings. The Bertz CT molecular complexity index is 830. The van der Waals surface area contributed by atoms with Gasteiger partial charge in [0.05, 0.1) is 5.69 Å². The van der Waals surface area contributed by atoms with Crippen LogP contribution in [0, 0.1) is 5.41 Å². The number of nitrogens with one attached hydrogen (secondary N) is 2. The molecule has 2 heterocycles. The molecule has 0 radical (unpaired) electrons. The number of H-pyrrole nitrogens is 1. The predicted molar refractivity (Wildman–Crippen MR) is 71.9 cm³/mol. The molecule has 0 atom stereocenters. The summed E-state index contributed by atoms with van der Waals surface area (Å²) in [6.07, 6.45) is 0. The Kier molecular flexibility index (Phi) is 3.04. The number of hydrogen-bond acceptors (Lipinski definition) is 4. The maximum absolute atomic E-state index is 11.0. The number of rotatable bonds is 3. The van der Waals surface area contributed by atoms with Crippen LogP contribution in [0.15, 0.2) is 57.8 Å². The lowest BCUT2D eigenvalue weighted by Gasteiger charge is -2.06. The maximum atomic E-state index is 11.0. The highest BCUT2D eigenvalue weighted by Crippen LogP contribution is 2.14. The summed E-state index contributed by atoms with van der Waals surface area (Å²) in [5.41, 5.74) is 1.68. The Morgan fingerprint density at radius 3 is 2.70 bits per heavy atom. The molecule has 3 aromatic rings. The number of aromatic nitrogens is 3. The summed E-state index contributed by atoms with van der Waals surface area (Å²) in [6, 6.07) is 14.5. The van der Waals surface area contributed by atoms with Gasteiger partial charge in [-0.1, -0.05) is 30.3 Å². The van der Waals surface area contributed by atoms with Gasteiger partial charge in [0.2, 0.25) is 0 Å². The fraction of sp³-hybridized carbons (Fsp3) is 0.0714. The largest absolute Gasteiger partial charge is 0.382 e. The number of hydrogen-bond donors (Lipinski definition) is 2. The van der Waals surface area contributed by atoms with Crippen molar-refractivity contribution >= 4 is 0 Å². The summed E-state index contributed by atoms with van der Waals surface area (Å²) in [7, 11) is 0. The first-order chi connectivity index (χ1) is 9.72. The summed E-state index contributed by atoms with van der Waals surface area (Å²) in [5, 5.41) is 14.5. The molecule has 2 aromatic heterocycles. The van der Waals surface area contributed by atoms with Crippen molar-refractivity contribution in [1.29, 1.82) is 5.41 Å². The molecule has 0 bridgehead atoms. The zero-order valence-electron chi connectivity index (χ0n) is 10.5. The van der Waals surface area contributed by atoms with Gasteiger partial charge in [-0.2, -0.15) is 10.3 Å². The van der Waals surface area contributed by atoms with E-state index in [1.54, 1.807) is 12.1 Å². The summed E-state index contributed by atoms with van der Waals surface area (Å²) in [5.74, 6) is 0.436. The van der Waals surface area contributed by atoms with Gasteiger partial charge >= 0.3 is 0 Å². The maximum Gasteiger partial charge on any atom is 0.280 e. The lowest BCUT2D eigenvalue weighted by Crippen LogP contribution is -2.22. The Morgan fingerprint density at radius 1 is 1.20 bits per heavy atom. The average Bonchev–Trinajstić information content (AvgIpc) is 2.88. The minimum atomic E-state index is -0.300. The summed E-state index contributed by atoms with van der Waals surface area (Å²) in [6.45, 7) is 0.234. The van der Waals surface area contributed by atoms with E-state index < -0.39 is 0 Å². The molecule has 6 nitrogen and oxygen atoms in total. The number of nitrogens with zero attached hydrogens (tertiary/aromatic N) is 2.